The maximum Gasteiger partial charge on any atom is 0.187 e. The molecule has 0 aliphatic heterocycles. The molecule has 0 aromatic carbocycles. The van der Waals surface area contributed by atoms with Crippen molar-refractivity contribution in [2.45, 2.75) is 56.8 Å². The van der Waals surface area contributed by atoms with E-state index in [2.05, 4.69) is 15.8 Å². The zero-order chi connectivity index (χ0) is 15.7. The lowest BCUT2D eigenvalue weighted by Gasteiger charge is -2.36. The third-order valence-electron chi connectivity index (χ3n) is 2.73. The summed E-state index contributed by atoms with van der Waals surface area (Å²) in [6, 6.07) is 0. The van der Waals surface area contributed by atoms with Gasteiger partial charge in [-0.15, -0.1) is 0 Å². The van der Waals surface area contributed by atoms with Crippen molar-refractivity contribution in [2.24, 2.45) is 5.10 Å². The average Bonchev–Trinajstić information content (AvgIpc) is 2.32. The largest absolute Gasteiger partial charge is 0.387 e. The maximum absolute atomic E-state index is 9.73. The molecule has 20 heavy (non-hydrogen) atoms. The lowest BCUT2D eigenvalue weighted by atomic mass is 9.86. The fraction of sp³-hybridized carbons (Fsp3) is 0.818. The number of aliphatic hydroxyl groups excluding tert-OH is 5. The molecule has 0 unspecified atom stereocenters. The highest BCUT2D eigenvalue weighted by Gasteiger charge is 2.46. The first-order valence-corrected chi connectivity index (χ1v) is 6.51. The van der Waals surface area contributed by atoms with Crippen molar-refractivity contribution < 1.29 is 25.5 Å². The lowest BCUT2D eigenvalue weighted by Crippen LogP contribution is -2.62. The number of aliphatic hydroxyl groups is 5. The summed E-state index contributed by atoms with van der Waals surface area (Å²) in [7, 11) is 0. The topological polar surface area (TPSA) is 138 Å². The van der Waals surface area contributed by atoms with Gasteiger partial charge in [0.05, 0.1) is 0 Å². The van der Waals surface area contributed by atoms with Gasteiger partial charge in [-0.3, -0.25) is 5.43 Å². The van der Waals surface area contributed by atoms with Gasteiger partial charge in [0, 0.05) is 5.54 Å². The molecular weight excluding hydrogens is 286 g/mol. The molecule has 7 N–H and O–H groups in total. The highest BCUT2D eigenvalue weighted by atomic mass is 32.1. The van der Waals surface area contributed by atoms with Crippen molar-refractivity contribution in [3.05, 3.63) is 0 Å². The number of thiocarbonyl (C=S) groups is 1. The van der Waals surface area contributed by atoms with Crippen LogP contribution < -0.4 is 10.7 Å². The van der Waals surface area contributed by atoms with Gasteiger partial charge in [-0.1, -0.05) is 0 Å². The fourth-order valence-electron chi connectivity index (χ4n) is 1.72. The van der Waals surface area contributed by atoms with E-state index < -0.39 is 30.5 Å². The first-order chi connectivity index (χ1) is 9.04. The molecule has 5 atom stereocenters. The van der Waals surface area contributed by atoms with Crippen molar-refractivity contribution >= 4 is 23.0 Å². The normalized spacial score (nSPS) is 36.8. The third-order valence-corrected chi connectivity index (χ3v) is 2.92. The number of hydrazone groups is 1. The minimum Gasteiger partial charge on any atom is -0.387 e. The van der Waals surface area contributed by atoms with Gasteiger partial charge in [0.1, 0.15) is 36.2 Å². The van der Waals surface area contributed by atoms with Gasteiger partial charge in [0.25, 0.3) is 0 Å². The van der Waals surface area contributed by atoms with Crippen molar-refractivity contribution in [3.63, 3.8) is 0 Å². The van der Waals surface area contributed by atoms with Crippen LogP contribution in [-0.2, 0) is 0 Å². The molecule has 0 aromatic rings. The van der Waals surface area contributed by atoms with E-state index in [-0.39, 0.29) is 16.4 Å². The predicted octanol–water partition coefficient (Wildman–Crippen LogP) is -2.58. The molecule has 0 radical (unpaired) electrons. The molecule has 8 nitrogen and oxygen atoms in total. The van der Waals surface area contributed by atoms with Crippen LogP contribution in [0.5, 0.6) is 0 Å². The minimum absolute atomic E-state index is 0.152. The van der Waals surface area contributed by atoms with Crippen LogP contribution >= 0.6 is 12.2 Å². The van der Waals surface area contributed by atoms with Gasteiger partial charge in [-0.25, -0.2) is 0 Å². The second kappa shape index (κ2) is 6.29. The van der Waals surface area contributed by atoms with Crippen LogP contribution in [0, 0.1) is 0 Å². The van der Waals surface area contributed by atoms with Gasteiger partial charge in [0.15, 0.2) is 5.11 Å². The molecule has 0 spiro atoms. The first-order valence-electron chi connectivity index (χ1n) is 6.10. The Bertz CT molecular complexity index is 380. The number of hydrogen-bond donors (Lipinski definition) is 7. The van der Waals surface area contributed by atoms with Crippen molar-refractivity contribution in [3.8, 4) is 0 Å². The maximum atomic E-state index is 9.73. The first kappa shape index (κ1) is 17.2. The quantitative estimate of drug-likeness (QED) is 0.207. The van der Waals surface area contributed by atoms with E-state index >= 15 is 0 Å². The molecular formula is C11H21N3O5S. The molecule has 1 rings (SSSR count). The van der Waals surface area contributed by atoms with E-state index in [1.165, 1.54) is 0 Å². The van der Waals surface area contributed by atoms with E-state index in [9.17, 15) is 25.5 Å². The summed E-state index contributed by atoms with van der Waals surface area (Å²) in [4.78, 5) is 0. The van der Waals surface area contributed by atoms with E-state index in [4.69, 9.17) is 12.2 Å². The lowest BCUT2D eigenvalue weighted by molar-refractivity contribution is -0.130. The van der Waals surface area contributed by atoms with Gasteiger partial charge >= 0.3 is 0 Å². The van der Waals surface area contributed by atoms with Crippen molar-refractivity contribution in [1.82, 2.24) is 10.7 Å². The predicted molar refractivity (Wildman–Crippen MR) is 76.1 cm³/mol. The standard InChI is InChI=1S/C11H21N3O5S/c1-11(2,3)12-10(20)14-13-4-5(15)7(17)9(19)8(18)6(4)16/h5-9,15-19H,1-3H3,(H2,12,14,20)/b13-4-/t5-,6+,7+,8+,9-/m0/s1. The molecule has 1 fully saturated rings. The Morgan fingerprint density at radius 3 is 1.85 bits per heavy atom. The Labute approximate surface area is 122 Å². The van der Waals surface area contributed by atoms with Crippen LogP contribution in [0.3, 0.4) is 0 Å². The number of rotatable bonds is 1. The van der Waals surface area contributed by atoms with Gasteiger partial charge in [-0.2, -0.15) is 5.10 Å². The van der Waals surface area contributed by atoms with Crippen LogP contribution in [0.15, 0.2) is 5.10 Å². The summed E-state index contributed by atoms with van der Waals surface area (Å²) in [6.07, 6.45) is -8.14. The van der Waals surface area contributed by atoms with Crippen LogP contribution in [0.25, 0.3) is 0 Å². The zero-order valence-electron chi connectivity index (χ0n) is 11.5. The SMILES string of the molecule is CC(C)(C)NC(=S)N/N=C1\[C@@H](O)[C@@H](O)[C@@H](O)[C@H](O)[C@H]1O. The Hall–Kier alpha value is -0.840. The highest BCUT2D eigenvalue weighted by molar-refractivity contribution is 7.80. The molecule has 0 amide bonds. The van der Waals surface area contributed by atoms with Crippen molar-refractivity contribution in [2.75, 3.05) is 0 Å². The second-order valence-electron chi connectivity index (χ2n) is 5.71. The summed E-state index contributed by atoms with van der Waals surface area (Å²) in [5.74, 6) is 0. The Morgan fingerprint density at radius 1 is 1.00 bits per heavy atom. The third kappa shape index (κ3) is 4.08. The average molecular weight is 307 g/mol. The molecule has 1 saturated carbocycles. The van der Waals surface area contributed by atoms with Gasteiger partial charge in [0.2, 0.25) is 0 Å². The Kier molecular flexibility index (Phi) is 5.41. The molecule has 0 saturated heterocycles. The van der Waals surface area contributed by atoms with Crippen LogP contribution in [0.1, 0.15) is 20.8 Å². The second-order valence-corrected chi connectivity index (χ2v) is 6.12. The summed E-state index contributed by atoms with van der Waals surface area (Å²) < 4.78 is 0. The highest BCUT2D eigenvalue weighted by Crippen LogP contribution is 2.18. The summed E-state index contributed by atoms with van der Waals surface area (Å²) in [5, 5.41) is 54.7. The molecule has 116 valence electrons. The molecule has 0 bridgehead atoms. The molecule has 1 aliphatic carbocycles. The molecule has 9 heteroatoms. The van der Waals surface area contributed by atoms with Crippen LogP contribution in [-0.4, -0.2) is 72.4 Å². The van der Waals surface area contributed by atoms with Gasteiger partial charge in [-0.05, 0) is 33.0 Å². The Balaban J connectivity index is 2.78. The van der Waals surface area contributed by atoms with Crippen LogP contribution in [0.4, 0.5) is 0 Å². The van der Waals surface area contributed by atoms with E-state index in [0.29, 0.717) is 0 Å². The summed E-state index contributed by atoms with van der Waals surface area (Å²) in [6.45, 7) is 5.63. The van der Waals surface area contributed by atoms with Crippen molar-refractivity contribution in [1.29, 1.82) is 0 Å². The minimum atomic E-state index is -1.65. The Morgan fingerprint density at radius 2 is 1.45 bits per heavy atom. The molecule has 0 aromatic heterocycles. The summed E-state index contributed by atoms with van der Waals surface area (Å²) >= 11 is 4.96. The van der Waals surface area contributed by atoms with E-state index in [0.717, 1.165) is 0 Å². The molecule has 0 heterocycles. The zero-order valence-corrected chi connectivity index (χ0v) is 12.3. The van der Waals surface area contributed by atoms with E-state index in [1.54, 1.807) is 0 Å². The number of hydrogen-bond acceptors (Lipinski definition) is 7. The monoisotopic (exact) mass is 307 g/mol. The number of nitrogens with one attached hydrogen (secondary N) is 2. The van der Waals surface area contributed by atoms with Crippen LogP contribution in [0.2, 0.25) is 0 Å². The van der Waals surface area contributed by atoms with E-state index in [1.807, 2.05) is 20.8 Å². The summed E-state index contributed by atoms with van der Waals surface area (Å²) in [5.41, 5.74) is 1.81. The fourth-order valence-corrected chi connectivity index (χ4v) is 2.07. The van der Waals surface area contributed by atoms with Gasteiger partial charge < -0.3 is 30.8 Å². The number of nitrogens with zero attached hydrogens (tertiary/aromatic N) is 1. The molecule has 1 aliphatic rings. The smallest absolute Gasteiger partial charge is 0.187 e.